The number of aryl methyl sites for hydroxylation is 2. The van der Waals surface area contributed by atoms with Gasteiger partial charge in [-0.3, -0.25) is 4.79 Å². The van der Waals surface area contributed by atoms with Crippen molar-refractivity contribution in [1.29, 1.82) is 0 Å². The molecule has 19 heavy (non-hydrogen) atoms. The van der Waals surface area contributed by atoms with Crippen molar-refractivity contribution in [2.45, 2.75) is 25.8 Å². The van der Waals surface area contributed by atoms with Crippen LogP contribution < -0.4 is 5.32 Å². The van der Waals surface area contributed by atoms with Crippen LogP contribution in [0.5, 0.6) is 0 Å². The maximum absolute atomic E-state index is 12.2. The van der Waals surface area contributed by atoms with Crippen LogP contribution in [-0.4, -0.2) is 5.91 Å². The quantitative estimate of drug-likeness (QED) is 0.870. The predicted molar refractivity (Wildman–Crippen MR) is 76.1 cm³/mol. The number of rotatable bonds is 2. The van der Waals surface area contributed by atoms with Gasteiger partial charge in [0.15, 0.2) is 0 Å². The summed E-state index contributed by atoms with van der Waals surface area (Å²) in [7, 11) is 0. The Morgan fingerprint density at radius 2 is 1.84 bits per heavy atom. The third-order valence-electron chi connectivity index (χ3n) is 3.75. The monoisotopic (exact) mass is 251 g/mol. The molecule has 3 rings (SSSR count). The third-order valence-corrected chi connectivity index (χ3v) is 3.75. The minimum absolute atomic E-state index is 0.0155. The molecule has 0 heterocycles. The summed E-state index contributed by atoms with van der Waals surface area (Å²) in [5.41, 5.74) is 4.53. The Labute approximate surface area is 113 Å². The molecule has 2 heteroatoms. The first kappa shape index (κ1) is 12.0. The van der Waals surface area contributed by atoms with Crippen molar-refractivity contribution in [3.8, 4) is 0 Å². The second-order valence-electron chi connectivity index (χ2n) is 5.13. The van der Waals surface area contributed by atoms with E-state index >= 15 is 0 Å². The molecule has 0 bridgehead atoms. The van der Waals surface area contributed by atoms with Crippen LogP contribution in [0.3, 0.4) is 0 Å². The molecule has 2 aromatic carbocycles. The summed E-state index contributed by atoms with van der Waals surface area (Å²) in [6.07, 6.45) is 2.05. The van der Waals surface area contributed by atoms with Crippen LogP contribution in [0.15, 0.2) is 48.5 Å². The van der Waals surface area contributed by atoms with Crippen LogP contribution in [0.4, 0.5) is 0 Å². The first-order valence-electron chi connectivity index (χ1n) is 6.69. The molecule has 0 saturated carbocycles. The average Bonchev–Trinajstić information content (AvgIpc) is 2.83. The van der Waals surface area contributed by atoms with E-state index < -0.39 is 0 Å². The summed E-state index contributed by atoms with van der Waals surface area (Å²) < 4.78 is 0. The lowest BCUT2D eigenvalue weighted by molar-refractivity contribution is 0.0936. The molecule has 1 aliphatic rings. The number of carbonyl (C=O) groups excluding carboxylic acids is 1. The van der Waals surface area contributed by atoms with Crippen LogP contribution in [0, 0.1) is 6.92 Å². The Balaban J connectivity index is 1.76. The Morgan fingerprint density at radius 1 is 1.11 bits per heavy atom. The van der Waals surface area contributed by atoms with Gasteiger partial charge in [-0.2, -0.15) is 0 Å². The number of fused-ring (bicyclic) bond motifs is 1. The number of hydrogen-bond acceptors (Lipinski definition) is 1. The van der Waals surface area contributed by atoms with Gasteiger partial charge in [0, 0.05) is 5.56 Å². The topological polar surface area (TPSA) is 29.1 Å². The van der Waals surface area contributed by atoms with Crippen molar-refractivity contribution in [2.75, 3.05) is 0 Å². The molecule has 0 fully saturated rings. The van der Waals surface area contributed by atoms with E-state index in [-0.39, 0.29) is 11.9 Å². The van der Waals surface area contributed by atoms with E-state index in [0.717, 1.165) is 18.4 Å². The molecular formula is C17H17NO. The molecule has 0 unspecified atom stereocenters. The molecule has 1 amide bonds. The fraction of sp³-hybridized carbons (Fsp3) is 0.235. The highest BCUT2D eigenvalue weighted by atomic mass is 16.1. The molecule has 96 valence electrons. The van der Waals surface area contributed by atoms with Gasteiger partial charge in [-0.25, -0.2) is 0 Å². The van der Waals surface area contributed by atoms with E-state index in [1.54, 1.807) is 0 Å². The third kappa shape index (κ3) is 2.39. The van der Waals surface area contributed by atoms with Gasteiger partial charge >= 0.3 is 0 Å². The molecule has 2 nitrogen and oxygen atoms in total. The summed E-state index contributed by atoms with van der Waals surface area (Å²) in [6.45, 7) is 2.02. The number of nitrogens with one attached hydrogen (secondary N) is 1. The first-order valence-corrected chi connectivity index (χ1v) is 6.69. The van der Waals surface area contributed by atoms with Gasteiger partial charge in [0.1, 0.15) is 0 Å². The Bertz CT molecular complexity index is 601. The van der Waals surface area contributed by atoms with Gasteiger partial charge in [0.2, 0.25) is 0 Å². The highest BCUT2D eigenvalue weighted by Crippen LogP contribution is 2.30. The van der Waals surface area contributed by atoms with E-state index in [1.165, 1.54) is 16.7 Å². The Hall–Kier alpha value is -2.09. The predicted octanol–water partition coefficient (Wildman–Crippen LogP) is 3.41. The first-order chi connectivity index (χ1) is 9.24. The van der Waals surface area contributed by atoms with Gasteiger partial charge in [-0.05, 0) is 43.0 Å². The van der Waals surface area contributed by atoms with Gasteiger partial charge < -0.3 is 5.32 Å². The highest BCUT2D eigenvalue weighted by Gasteiger charge is 2.23. The molecular weight excluding hydrogens is 234 g/mol. The van der Waals surface area contributed by atoms with Crippen molar-refractivity contribution < 1.29 is 4.79 Å². The molecule has 0 spiro atoms. The molecule has 1 atom stereocenters. The second-order valence-corrected chi connectivity index (χ2v) is 5.13. The van der Waals surface area contributed by atoms with Crippen molar-refractivity contribution in [2.24, 2.45) is 0 Å². The van der Waals surface area contributed by atoms with E-state index in [4.69, 9.17) is 0 Å². The van der Waals surface area contributed by atoms with Crippen LogP contribution >= 0.6 is 0 Å². The van der Waals surface area contributed by atoms with Crippen LogP contribution in [0.2, 0.25) is 0 Å². The van der Waals surface area contributed by atoms with E-state index in [2.05, 4.69) is 23.5 Å². The normalized spacial score (nSPS) is 17.0. The number of benzene rings is 2. The van der Waals surface area contributed by atoms with Crippen LogP contribution in [-0.2, 0) is 6.42 Å². The maximum Gasteiger partial charge on any atom is 0.251 e. The summed E-state index contributed by atoms with van der Waals surface area (Å²) in [5.74, 6) is 0.0155. The SMILES string of the molecule is Cc1ccc(C(=O)N[C@@H]2CCc3ccccc32)cc1. The summed E-state index contributed by atoms with van der Waals surface area (Å²) >= 11 is 0. The summed E-state index contributed by atoms with van der Waals surface area (Å²) in [6, 6.07) is 16.2. The fourth-order valence-corrected chi connectivity index (χ4v) is 2.65. The summed E-state index contributed by atoms with van der Waals surface area (Å²) in [5, 5.41) is 3.13. The molecule has 0 radical (unpaired) electrons. The number of carbonyl (C=O) groups is 1. The molecule has 0 aromatic heterocycles. The largest absolute Gasteiger partial charge is 0.345 e. The zero-order chi connectivity index (χ0) is 13.2. The zero-order valence-corrected chi connectivity index (χ0v) is 11.0. The van der Waals surface area contributed by atoms with E-state index in [9.17, 15) is 4.79 Å². The van der Waals surface area contributed by atoms with Crippen LogP contribution in [0.1, 0.15) is 39.5 Å². The van der Waals surface area contributed by atoms with Gasteiger partial charge in [-0.15, -0.1) is 0 Å². The molecule has 1 N–H and O–H groups in total. The minimum atomic E-state index is 0.0155. The average molecular weight is 251 g/mol. The fourth-order valence-electron chi connectivity index (χ4n) is 2.65. The minimum Gasteiger partial charge on any atom is -0.345 e. The molecule has 1 aliphatic carbocycles. The van der Waals surface area contributed by atoms with Gasteiger partial charge in [0.05, 0.1) is 6.04 Å². The molecule has 2 aromatic rings. The van der Waals surface area contributed by atoms with E-state index in [0.29, 0.717) is 0 Å². The lowest BCUT2D eigenvalue weighted by atomic mass is 10.1. The van der Waals surface area contributed by atoms with Crippen molar-refractivity contribution in [3.05, 3.63) is 70.8 Å². The van der Waals surface area contributed by atoms with Crippen molar-refractivity contribution >= 4 is 5.91 Å². The van der Waals surface area contributed by atoms with Gasteiger partial charge in [0.25, 0.3) is 5.91 Å². The number of hydrogen-bond donors (Lipinski definition) is 1. The molecule has 0 saturated heterocycles. The second kappa shape index (κ2) is 4.88. The Morgan fingerprint density at radius 3 is 2.63 bits per heavy atom. The highest BCUT2D eigenvalue weighted by molar-refractivity contribution is 5.94. The van der Waals surface area contributed by atoms with Gasteiger partial charge in [-0.1, -0.05) is 42.0 Å². The van der Waals surface area contributed by atoms with Crippen molar-refractivity contribution in [3.63, 3.8) is 0 Å². The summed E-state index contributed by atoms with van der Waals surface area (Å²) in [4.78, 5) is 12.2. The Kier molecular flexibility index (Phi) is 3.08. The number of amides is 1. The standard InChI is InChI=1S/C17H17NO/c1-12-6-8-14(9-7-12)17(19)18-16-11-10-13-4-2-3-5-15(13)16/h2-9,16H,10-11H2,1H3,(H,18,19)/t16-/m1/s1. The molecule has 0 aliphatic heterocycles. The lowest BCUT2D eigenvalue weighted by Crippen LogP contribution is -2.27. The van der Waals surface area contributed by atoms with Crippen molar-refractivity contribution in [1.82, 2.24) is 5.32 Å². The zero-order valence-electron chi connectivity index (χ0n) is 11.0. The van der Waals surface area contributed by atoms with Crippen LogP contribution in [0.25, 0.3) is 0 Å². The maximum atomic E-state index is 12.2. The van der Waals surface area contributed by atoms with E-state index in [1.807, 2.05) is 37.3 Å². The smallest absolute Gasteiger partial charge is 0.251 e. The lowest BCUT2D eigenvalue weighted by Gasteiger charge is -2.14.